The maximum Gasteiger partial charge on any atom is 0.0120 e. The summed E-state index contributed by atoms with van der Waals surface area (Å²) < 4.78 is 0. The van der Waals surface area contributed by atoms with Crippen LogP contribution in [0.5, 0.6) is 0 Å². The van der Waals surface area contributed by atoms with Gasteiger partial charge in [-0.25, -0.2) is 0 Å². The Labute approximate surface area is 88.3 Å². The molecule has 0 radical (unpaired) electrons. The Balaban J connectivity index is 1.77. The third-order valence-corrected chi connectivity index (χ3v) is 3.89. The van der Waals surface area contributed by atoms with E-state index in [0.717, 1.165) is 12.1 Å². The zero-order valence-corrected chi connectivity index (χ0v) is 9.71. The topological polar surface area (TPSA) is 6.48 Å². The number of likely N-dealkylation sites (tertiary alicyclic amines) is 2. The monoisotopic (exact) mass is 196 g/mol. The molecular weight excluding hydrogens is 172 g/mol. The maximum absolute atomic E-state index is 2.72. The minimum absolute atomic E-state index is 0.745. The van der Waals surface area contributed by atoms with Gasteiger partial charge >= 0.3 is 0 Å². The predicted octanol–water partition coefficient (Wildman–Crippen LogP) is 1.95. The number of nitrogens with zero attached hydrogens (tertiary/aromatic N) is 2. The molecular formula is C12H24N2. The molecule has 2 fully saturated rings. The Hall–Kier alpha value is -0.0800. The lowest BCUT2D eigenvalue weighted by Crippen LogP contribution is -2.45. The van der Waals surface area contributed by atoms with Gasteiger partial charge in [-0.05, 0) is 65.7 Å². The van der Waals surface area contributed by atoms with Gasteiger partial charge in [0.2, 0.25) is 0 Å². The average molecular weight is 196 g/mol. The molecule has 0 saturated carbocycles. The first-order valence-corrected chi connectivity index (χ1v) is 6.25. The van der Waals surface area contributed by atoms with Gasteiger partial charge in [-0.1, -0.05) is 0 Å². The van der Waals surface area contributed by atoms with Gasteiger partial charge in [0.15, 0.2) is 0 Å². The van der Waals surface area contributed by atoms with Crippen LogP contribution in [0.3, 0.4) is 0 Å². The van der Waals surface area contributed by atoms with Crippen LogP contribution < -0.4 is 0 Å². The molecule has 2 heterocycles. The summed E-state index contributed by atoms with van der Waals surface area (Å²) in [5, 5.41) is 0. The Bertz CT molecular complexity index is 165. The van der Waals surface area contributed by atoms with Crippen molar-refractivity contribution < 1.29 is 0 Å². The molecule has 0 N–H and O–H groups in total. The van der Waals surface area contributed by atoms with Crippen molar-refractivity contribution in [1.82, 2.24) is 9.80 Å². The van der Waals surface area contributed by atoms with Crippen LogP contribution in [0, 0.1) is 0 Å². The summed E-state index contributed by atoms with van der Waals surface area (Å²) in [4.78, 5) is 5.34. The van der Waals surface area contributed by atoms with Gasteiger partial charge in [-0.3, -0.25) is 0 Å². The van der Waals surface area contributed by atoms with Crippen molar-refractivity contribution in [1.29, 1.82) is 0 Å². The number of hydrogen-bond donors (Lipinski definition) is 0. The molecule has 2 aliphatic heterocycles. The first-order valence-electron chi connectivity index (χ1n) is 6.25. The van der Waals surface area contributed by atoms with Crippen LogP contribution in [-0.2, 0) is 0 Å². The molecule has 0 aromatic carbocycles. The van der Waals surface area contributed by atoms with E-state index in [-0.39, 0.29) is 0 Å². The van der Waals surface area contributed by atoms with E-state index in [1.807, 2.05) is 0 Å². The Morgan fingerprint density at radius 3 is 2.00 bits per heavy atom. The van der Waals surface area contributed by atoms with E-state index in [4.69, 9.17) is 0 Å². The largest absolute Gasteiger partial charge is 0.301 e. The van der Waals surface area contributed by atoms with Gasteiger partial charge in [-0.2, -0.15) is 0 Å². The summed E-state index contributed by atoms with van der Waals surface area (Å²) in [5.74, 6) is 0. The molecule has 0 atom stereocenters. The van der Waals surface area contributed by atoms with Crippen LogP contribution in [0.4, 0.5) is 0 Å². The number of rotatable bonds is 2. The SMILES string of the molecule is CC(C)N1CCC(N2CCCC2)CC1. The normalized spacial score (nSPS) is 27.6. The van der Waals surface area contributed by atoms with Gasteiger partial charge in [0.1, 0.15) is 0 Å². The molecule has 0 bridgehead atoms. The van der Waals surface area contributed by atoms with Crippen molar-refractivity contribution in [2.75, 3.05) is 26.2 Å². The van der Waals surface area contributed by atoms with Crippen molar-refractivity contribution in [3.05, 3.63) is 0 Å². The van der Waals surface area contributed by atoms with Crippen LogP contribution in [0.25, 0.3) is 0 Å². The molecule has 14 heavy (non-hydrogen) atoms. The Kier molecular flexibility index (Phi) is 3.45. The third-order valence-electron chi connectivity index (χ3n) is 3.89. The molecule has 0 spiro atoms. The van der Waals surface area contributed by atoms with Crippen LogP contribution in [-0.4, -0.2) is 48.1 Å². The molecule has 2 nitrogen and oxygen atoms in total. The highest BCUT2D eigenvalue weighted by atomic mass is 15.2. The van der Waals surface area contributed by atoms with E-state index in [2.05, 4.69) is 23.6 Å². The fourth-order valence-electron chi connectivity index (χ4n) is 2.87. The van der Waals surface area contributed by atoms with Crippen molar-refractivity contribution in [2.24, 2.45) is 0 Å². The van der Waals surface area contributed by atoms with E-state index in [9.17, 15) is 0 Å². The second-order valence-corrected chi connectivity index (χ2v) is 5.10. The molecule has 0 aromatic heterocycles. The van der Waals surface area contributed by atoms with Crippen molar-refractivity contribution in [2.45, 2.75) is 51.6 Å². The predicted molar refractivity (Wildman–Crippen MR) is 60.5 cm³/mol. The lowest BCUT2D eigenvalue weighted by atomic mass is 10.0. The Morgan fingerprint density at radius 1 is 0.929 bits per heavy atom. The molecule has 2 rings (SSSR count). The average Bonchev–Trinajstić information content (AvgIpc) is 2.71. The highest BCUT2D eigenvalue weighted by molar-refractivity contribution is 4.83. The third kappa shape index (κ3) is 2.29. The standard InChI is InChI=1S/C12H24N2/c1-11(2)13-9-5-12(6-10-13)14-7-3-4-8-14/h11-12H,3-10H2,1-2H3. The first kappa shape index (κ1) is 10.4. The molecule has 2 saturated heterocycles. The molecule has 2 heteroatoms. The molecule has 82 valence electrons. The van der Waals surface area contributed by atoms with Crippen LogP contribution in [0.15, 0.2) is 0 Å². The fraction of sp³-hybridized carbons (Fsp3) is 1.00. The summed E-state index contributed by atoms with van der Waals surface area (Å²) in [6.07, 6.45) is 5.67. The summed E-state index contributed by atoms with van der Waals surface area (Å²) >= 11 is 0. The maximum atomic E-state index is 2.72. The van der Waals surface area contributed by atoms with E-state index in [1.165, 1.54) is 51.9 Å². The van der Waals surface area contributed by atoms with Crippen molar-refractivity contribution in [3.8, 4) is 0 Å². The second-order valence-electron chi connectivity index (χ2n) is 5.10. The van der Waals surface area contributed by atoms with Crippen LogP contribution in [0.1, 0.15) is 39.5 Å². The minimum Gasteiger partial charge on any atom is -0.301 e. The highest BCUT2D eigenvalue weighted by Gasteiger charge is 2.26. The van der Waals surface area contributed by atoms with Gasteiger partial charge in [0.25, 0.3) is 0 Å². The Morgan fingerprint density at radius 2 is 1.50 bits per heavy atom. The quantitative estimate of drug-likeness (QED) is 0.666. The summed E-state index contributed by atoms with van der Waals surface area (Å²) in [6.45, 7) is 10.0. The van der Waals surface area contributed by atoms with Crippen LogP contribution >= 0.6 is 0 Å². The zero-order valence-electron chi connectivity index (χ0n) is 9.71. The smallest absolute Gasteiger partial charge is 0.0120 e. The van der Waals surface area contributed by atoms with E-state index >= 15 is 0 Å². The zero-order chi connectivity index (χ0) is 9.97. The lowest BCUT2D eigenvalue weighted by molar-refractivity contribution is 0.107. The highest BCUT2D eigenvalue weighted by Crippen LogP contribution is 2.21. The molecule has 0 unspecified atom stereocenters. The van der Waals surface area contributed by atoms with Gasteiger partial charge in [-0.15, -0.1) is 0 Å². The van der Waals surface area contributed by atoms with Gasteiger partial charge in [0.05, 0.1) is 0 Å². The first-order chi connectivity index (χ1) is 6.77. The summed E-state index contributed by atoms with van der Waals surface area (Å²) in [7, 11) is 0. The van der Waals surface area contributed by atoms with Crippen molar-refractivity contribution >= 4 is 0 Å². The van der Waals surface area contributed by atoms with Crippen LogP contribution in [0.2, 0.25) is 0 Å². The molecule has 0 aromatic rings. The fourth-order valence-corrected chi connectivity index (χ4v) is 2.87. The molecule has 2 aliphatic rings. The van der Waals surface area contributed by atoms with Gasteiger partial charge < -0.3 is 9.80 Å². The number of piperidine rings is 1. The van der Waals surface area contributed by atoms with Gasteiger partial charge in [0, 0.05) is 12.1 Å². The summed E-state index contributed by atoms with van der Waals surface area (Å²) in [5.41, 5.74) is 0. The molecule has 0 amide bonds. The van der Waals surface area contributed by atoms with Crippen molar-refractivity contribution in [3.63, 3.8) is 0 Å². The van der Waals surface area contributed by atoms with E-state index in [1.54, 1.807) is 0 Å². The second kappa shape index (κ2) is 4.63. The minimum atomic E-state index is 0.745. The summed E-state index contributed by atoms with van der Waals surface area (Å²) in [6, 6.07) is 1.65. The molecule has 0 aliphatic carbocycles. The lowest BCUT2D eigenvalue weighted by Gasteiger charge is -2.38. The van der Waals surface area contributed by atoms with E-state index < -0.39 is 0 Å². The van der Waals surface area contributed by atoms with E-state index in [0.29, 0.717) is 0 Å². The number of hydrogen-bond acceptors (Lipinski definition) is 2.